The lowest BCUT2D eigenvalue weighted by Gasteiger charge is -2.55. The van der Waals surface area contributed by atoms with E-state index < -0.39 is 40.8 Å². The number of allylic oxidation sites excluding steroid dienone is 4. The van der Waals surface area contributed by atoms with Crippen LogP contribution in [0.25, 0.3) is 0 Å². The van der Waals surface area contributed by atoms with Crippen molar-refractivity contribution >= 4 is 29.1 Å². The zero-order chi connectivity index (χ0) is 17.8. The molecule has 0 radical (unpaired) electrons. The minimum Gasteiger partial charge on any atom is -0.459 e. The Kier molecular flexibility index (Phi) is 2.93. The van der Waals surface area contributed by atoms with Crippen molar-refractivity contribution in [3.05, 3.63) is 22.3 Å². The second-order valence-electron chi connectivity index (χ2n) is 7.88. The molecule has 4 aliphatic rings. The van der Waals surface area contributed by atoms with Crippen molar-refractivity contribution in [2.45, 2.75) is 39.9 Å². The molecule has 6 heteroatoms. The molecule has 5 nitrogen and oxygen atoms in total. The summed E-state index contributed by atoms with van der Waals surface area (Å²) in [6.07, 6.45) is -0.341. The highest BCUT2D eigenvalue weighted by Crippen LogP contribution is 2.66. The van der Waals surface area contributed by atoms with Gasteiger partial charge >= 0.3 is 5.97 Å². The number of ether oxygens (including phenoxy) is 1. The van der Waals surface area contributed by atoms with Gasteiger partial charge in [-0.25, -0.2) is 0 Å². The highest BCUT2D eigenvalue weighted by molar-refractivity contribution is 6.45. The summed E-state index contributed by atoms with van der Waals surface area (Å²) in [6, 6.07) is 0. The van der Waals surface area contributed by atoms with Gasteiger partial charge in [0.15, 0.2) is 11.6 Å². The quantitative estimate of drug-likeness (QED) is 0.673. The normalized spacial score (nSPS) is 49.8. The standard InChI is InChI=1S/C18H19ClO5/c1-6-8-5-9(20)18(4)10-7(2)13(24-16(10)23)12(21)14(18)17(8,3)15(22)11(6)19/h5,7,10,12-14,21H,1-4H3/t7-,10+,12-,13+,14+,17-,18-/m0/s1. The van der Waals surface area contributed by atoms with Crippen LogP contribution in [0, 0.1) is 28.6 Å². The molecule has 2 fully saturated rings. The first kappa shape index (κ1) is 16.0. The fraction of sp³-hybridized carbons (Fsp3) is 0.611. The molecule has 4 rings (SSSR count). The van der Waals surface area contributed by atoms with E-state index in [0.717, 1.165) is 0 Å². The summed E-state index contributed by atoms with van der Waals surface area (Å²) in [5, 5.41) is 11.1. The highest BCUT2D eigenvalue weighted by atomic mass is 35.5. The molecular formula is C18H19ClO5. The molecule has 128 valence electrons. The summed E-state index contributed by atoms with van der Waals surface area (Å²) in [6.45, 7) is 6.92. The van der Waals surface area contributed by atoms with Crippen LogP contribution in [-0.4, -0.2) is 34.9 Å². The first-order valence-corrected chi connectivity index (χ1v) is 8.52. The van der Waals surface area contributed by atoms with E-state index >= 15 is 0 Å². The summed E-state index contributed by atoms with van der Waals surface area (Å²) < 4.78 is 5.38. The summed E-state index contributed by atoms with van der Waals surface area (Å²) in [7, 11) is 0. The van der Waals surface area contributed by atoms with Crippen molar-refractivity contribution < 1.29 is 24.2 Å². The van der Waals surface area contributed by atoms with E-state index in [1.807, 2.05) is 6.92 Å². The molecule has 1 saturated carbocycles. The molecule has 7 atom stereocenters. The van der Waals surface area contributed by atoms with Crippen molar-refractivity contribution in [1.29, 1.82) is 0 Å². The third kappa shape index (κ3) is 1.41. The number of hydrogen-bond donors (Lipinski definition) is 1. The van der Waals surface area contributed by atoms with Crippen LogP contribution >= 0.6 is 11.6 Å². The van der Waals surface area contributed by atoms with Crippen LogP contribution in [0.5, 0.6) is 0 Å². The molecule has 1 N–H and O–H groups in total. The number of Topliss-reactive ketones (excluding diaryl/α,β-unsaturated/α-hetero) is 1. The average molecular weight is 351 g/mol. The fourth-order valence-corrected chi connectivity index (χ4v) is 6.06. The molecule has 1 aliphatic heterocycles. The fourth-order valence-electron chi connectivity index (χ4n) is 5.76. The molecule has 0 amide bonds. The van der Waals surface area contributed by atoms with Gasteiger partial charge in [0.25, 0.3) is 0 Å². The number of esters is 1. The number of carbonyl (C=O) groups excluding carboxylic acids is 3. The predicted octanol–water partition coefficient (Wildman–Crippen LogP) is 1.77. The van der Waals surface area contributed by atoms with Crippen molar-refractivity contribution in [1.82, 2.24) is 0 Å². The van der Waals surface area contributed by atoms with Gasteiger partial charge < -0.3 is 9.84 Å². The Morgan fingerprint density at radius 2 is 1.88 bits per heavy atom. The van der Waals surface area contributed by atoms with Crippen molar-refractivity contribution in [3.63, 3.8) is 0 Å². The lowest BCUT2D eigenvalue weighted by Crippen LogP contribution is -2.64. The number of hydrogen-bond acceptors (Lipinski definition) is 5. The van der Waals surface area contributed by atoms with Crippen LogP contribution < -0.4 is 0 Å². The van der Waals surface area contributed by atoms with E-state index in [-0.39, 0.29) is 22.5 Å². The number of carbonyl (C=O) groups is 3. The lowest BCUT2D eigenvalue weighted by atomic mass is 9.45. The number of fused-ring (bicyclic) bond motifs is 6. The monoisotopic (exact) mass is 350 g/mol. The van der Waals surface area contributed by atoms with E-state index in [1.54, 1.807) is 20.8 Å². The Morgan fingerprint density at radius 1 is 1.25 bits per heavy atom. The largest absolute Gasteiger partial charge is 0.459 e. The Labute approximate surface area is 144 Å². The van der Waals surface area contributed by atoms with Crippen LogP contribution in [0.1, 0.15) is 27.7 Å². The molecule has 2 bridgehead atoms. The van der Waals surface area contributed by atoms with E-state index in [0.29, 0.717) is 11.1 Å². The number of aliphatic hydroxyl groups is 1. The second-order valence-corrected chi connectivity index (χ2v) is 8.26. The lowest BCUT2D eigenvalue weighted by molar-refractivity contribution is -0.165. The smallest absolute Gasteiger partial charge is 0.310 e. The van der Waals surface area contributed by atoms with Crippen LogP contribution in [0.15, 0.2) is 22.3 Å². The number of rotatable bonds is 0. The maximum Gasteiger partial charge on any atom is 0.310 e. The van der Waals surface area contributed by atoms with Crippen molar-refractivity contribution in [3.8, 4) is 0 Å². The number of aliphatic hydroxyl groups excluding tert-OH is 1. The van der Waals surface area contributed by atoms with Gasteiger partial charge in [0.05, 0.1) is 27.9 Å². The van der Waals surface area contributed by atoms with Gasteiger partial charge in [-0.2, -0.15) is 0 Å². The van der Waals surface area contributed by atoms with Crippen molar-refractivity contribution in [2.75, 3.05) is 0 Å². The van der Waals surface area contributed by atoms with Crippen molar-refractivity contribution in [2.24, 2.45) is 28.6 Å². The van der Waals surface area contributed by atoms with Gasteiger partial charge in [0.2, 0.25) is 0 Å². The molecule has 1 saturated heterocycles. The third-order valence-corrected chi connectivity index (χ3v) is 7.37. The van der Waals surface area contributed by atoms with Gasteiger partial charge in [0.1, 0.15) is 6.10 Å². The molecule has 0 unspecified atom stereocenters. The van der Waals surface area contributed by atoms with E-state index in [1.165, 1.54) is 6.08 Å². The number of ketones is 2. The first-order chi connectivity index (χ1) is 11.1. The van der Waals surface area contributed by atoms with E-state index in [2.05, 4.69) is 0 Å². The zero-order valence-electron chi connectivity index (χ0n) is 13.9. The molecule has 1 heterocycles. The Hall–Kier alpha value is -1.46. The highest BCUT2D eigenvalue weighted by Gasteiger charge is 2.73. The van der Waals surface area contributed by atoms with Crippen LogP contribution in [0.2, 0.25) is 0 Å². The minimum absolute atomic E-state index is 0.103. The predicted molar refractivity (Wildman–Crippen MR) is 84.9 cm³/mol. The van der Waals surface area contributed by atoms with E-state index in [4.69, 9.17) is 16.3 Å². The van der Waals surface area contributed by atoms with Gasteiger partial charge in [-0.05, 0) is 31.1 Å². The molecule has 0 spiro atoms. The van der Waals surface area contributed by atoms with Crippen LogP contribution in [0.3, 0.4) is 0 Å². The van der Waals surface area contributed by atoms with E-state index in [9.17, 15) is 19.5 Å². The summed E-state index contributed by atoms with van der Waals surface area (Å²) >= 11 is 6.19. The number of halogens is 1. The molecule has 0 aromatic heterocycles. The van der Waals surface area contributed by atoms with Gasteiger partial charge in [-0.1, -0.05) is 25.4 Å². The molecule has 3 aliphatic carbocycles. The third-order valence-electron chi connectivity index (χ3n) is 6.91. The van der Waals surface area contributed by atoms with Gasteiger partial charge in [-0.3, -0.25) is 14.4 Å². The maximum absolute atomic E-state index is 13.0. The van der Waals surface area contributed by atoms with Crippen LogP contribution in [0.4, 0.5) is 0 Å². The first-order valence-electron chi connectivity index (χ1n) is 8.14. The average Bonchev–Trinajstić information content (AvgIpc) is 2.85. The van der Waals surface area contributed by atoms with Crippen LogP contribution in [-0.2, 0) is 19.1 Å². The summed E-state index contributed by atoms with van der Waals surface area (Å²) in [5.41, 5.74) is -1.16. The Balaban J connectivity index is 2.01. The second kappa shape index (κ2) is 4.38. The molecule has 0 aromatic rings. The zero-order valence-corrected chi connectivity index (χ0v) is 14.7. The Morgan fingerprint density at radius 3 is 2.50 bits per heavy atom. The maximum atomic E-state index is 13.0. The van der Waals surface area contributed by atoms with Gasteiger partial charge in [0, 0.05) is 11.8 Å². The molecule has 0 aromatic carbocycles. The van der Waals surface area contributed by atoms with Gasteiger partial charge in [-0.15, -0.1) is 0 Å². The Bertz CT molecular complexity index is 780. The molecular weight excluding hydrogens is 332 g/mol. The summed E-state index contributed by atoms with van der Waals surface area (Å²) in [4.78, 5) is 38.4. The SMILES string of the molecule is CC1=C(Cl)C(=O)[C@@]2(C)C1=CC(=O)[C@]1(C)[C@@H]2[C@@H](O)[C@@H]2OC(=O)[C@H]1[C@@H]2C. The minimum atomic E-state index is -1.18. The topological polar surface area (TPSA) is 80.7 Å². The summed E-state index contributed by atoms with van der Waals surface area (Å²) in [5.74, 6) is -2.69. The molecule has 24 heavy (non-hydrogen) atoms.